The largest absolute Gasteiger partial charge is 0.497 e. The van der Waals surface area contributed by atoms with Gasteiger partial charge in [-0.05, 0) is 55.9 Å². The van der Waals surface area contributed by atoms with Crippen LogP contribution in [0.25, 0.3) is 0 Å². The van der Waals surface area contributed by atoms with Crippen LogP contribution >= 0.6 is 0 Å². The van der Waals surface area contributed by atoms with E-state index in [9.17, 15) is 18.0 Å². The third-order valence-electron chi connectivity index (χ3n) is 5.44. The number of rotatable bonds is 9. The maximum absolute atomic E-state index is 12.9. The number of hydrogen-bond donors (Lipinski definition) is 1. The highest BCUT2D eigenvalue weighted by Crippen LogP contribution is 2.21. The summed E-state index contributed by atoms with van der Waals surface area (Å²) in [6.07, 6.45) is 0.810. The van der Waals surface area contributed by atoms with E-state index in [1.807, 2.05) is 7.05 Å². The number of carbonyl (C=O) groups is 2. The number of likely N-dealkylation sites (N-methyl/N-ethyl adjacent to an activating group) is 1. The fourth-order valence-corrected chi connectivity index (χ4v) is 4.93. The Morgan fingerprint density at radius 3 is 2.34 bits per heavy atom. The Hall–Kier alpha value is -2.75. The molecule has 2 aromatic carbocycles. The molecule has 0 radical (unpaired) electrons. The molecule has 0 aliphatic carbocycles. The lowest BCUT2D eigenvalue weighted by Crippen LogP contribution is -2.47. The lowest BCUT2D eigenvalue weighted by Gasteiger charge is -2.31. The SMILES string of the molecule is COc1ccc(C(=O)CCCC(=O)Nc2cccc(S(=O)(=O)N3CCN(C)CC3)c2)cc1. The van der Waals surface area contributed by atoms with Crippen molar-refractivity contribution in [2.75, 3.05) is 45.7 Å². The number of ether oxygens (including phenoxy) is 1. The Morgan fingerprint density at radius 2 is 1.69 bits per heavy atom. The molecule has 0 saturated carbocycles. The second-order valence-electron chi connectivity index (χ2n) is 7.79. The lowest BCUT2D eigenvalue weighted by atomic mass is 10.1. The summed E-state index contributed by atoms with van der Waals surface area (Å²) in [4.78, 5) is 26.8. The Labute approximate surface area is 189 Å². The van der Waals surface area contributed by atoms with Crippen LogP contribution in [0.15, 0.2) is 53.4 Å². The molecule has 1 aliphatic heterocycles. The molecular weight excluding hydrogens is 430 g/mol. The predicted molar refractivity (Wildman–Crippen MR) is 123 cm³/mol. The fraction of sp³-hybridized carbons (Fsp3) is 0.391. The number of Topliss-reactive ketones (excluding diaryl/α,β-unsaturated/α-hetero) is 1. The Balaban J connectivity index is 1.52. The molecular formula is C23H29N3O5S. The van der Waals surface area contributed by atoms with Gasteiger partial charge in [-0.1, -0.05) is 6.07 Å². The van der Waals surface area contributed by atoms with Crippen LogP contribution in [-0.2, 0) is 14.8 Å². The van der Waals surface area contributed by atoms with Crippen LogP contribution < -0.4 is 10.1 Å². The van der Waals surface area contributed by atoms with Crippen LogP contribution in [-0.4, -0.2) is 69.6 Å². The van der Waals surface area contributed by atoms with Gasteiger partial charge in [0.2, 0.25) is 15.9 Å². The molecule has 1 heterocycles. The third kappa shape index (κ3) is 6.15. The Kier molecular flexibility index (Phi) is 8.00. The average Bonchev–Trinajstić information content (AvgIpc) is 2.79. The molecule has 0 unspecified atom stereocenters. The number of nitrogens with zero attached hydrogens (tertiary/aromatic N) is 2. The summed E-state index contributed by atoms with van der Waals surface area (Å²) in [5.41, 5.74) is 1.000. The number of piperazine rings is 1. The van der Waals surface area contributed by atoms with Crippen molar-refractivity contribution in [1.82, 2.24) is 9.21 Å². The molecule has 32 heavy (non-hydrogen) atoms. The van der Waals surface area contributed by atoms with Gasteiger partial charge in [0.1, 0.15) is 5.75 Å². The van der Waals surface area contributed by atoms with Gasteiger partial charge in [-0.2, -0.15) is 4.31 Å². The van der Waals surface area contributed by atoms with Crippen LogP contribution in [0.4, 0.5) is 5.69 Å². The first-order chi connectivity index (χ1) is 15.3. The molecule has 172 valence electrons. The van der Waals surface area contributed by atoms with E-state index in [1.54, 1.807) is 43.5 Å². The van der Waals surface area contributed by atoms with Crippen LogP contribution in [0.2, 0.25) is 0 Å². The molecule has 1 aliphatic rings. The minimum atomic E-state index is -3.61. The van der Waals surface area contributed by atoms with Gasteiger partial charge in [0.15, 0.2) is 5.78 Å². The zero-order valence-corrected chi connectivity index (χ0v) is 19.2. The predicted octanol–water partition coefficient (Wildman–Crippen LogP) is 2.62. The van der Waals surface area contributed by atoms with Gasteiger partial charge in [0.05, 0.1) is 12.0 Å². The van der Waals surface area contributed by atoms with Crippen molar-refractivity contribution in [3.63, 3.8) is 0 Å². The van der Waals surface area contributed by atoms with E-state index in [0.29, 0.717) is 49.6 Å². The zero-order chi connectivity index (χ0) is 23.1. The molecule has 1 saturated heterocycles. The Morgan fingerprint density at radius 1 is 1.00 bits per heavy atom. The highest BCUT2D eigenvalue weighted by Gasteiger charge is 2.27. The summed E-state index contributed by atoms with van der Waals surface area (Å²) in [7, 11) is -0.0804. The number of amides is 1. The van der Waals surface area contributed by atoms with Gasteiger partial charge < -0.3 is 15.0 Å². The molecule has 1 N–H and O–H groups in total. The normalized spacial score (nSPS) is 15.3. The maximum Gasteiger partial charge on any atom is 0.243 e. The van der Waals surface area contributed by atoms with Crippen LogP contribution in [0.5, 0.6) is 5.75 Å². The summed E-state index contributed by atoms with van der Waals surface area (Å²) < 4.78 is 32.4. The van der Waals surface area contributed by atoms with E-state index in [1.165, 1.54) is 16.4 Å². The van der Waals surface area contributed by atoms with E-state index >= 15 is 0 Å². The number of ketones is 1. The standard InChI is InChI=1S/C23H29N3O5S/c1-25-13-15-26(16-14-25)32(29,30)21-6-3-5-19(17-21)24-23(28)8-4-7-22(27)18-9-11-20(31-2)12-10-18/h3,5-6,9-12,17H,4,7-8,13-16H2,1-2H3,(H,24,28). The van der Waals surface area contributed by atoms with Crippen molar-refractivity contribution in [2.24, 2.45) is 0 Å². The minimum absolute atomic E-state index is 0.0410. The first kappa shape index (κ1) is 23.9. The molecule has 2 aromatic rings. The van der Waals surface area contributed by atoms with E-state index in [2.05, 4.69) is 10.2 Å². The van der Waals surface area contributed by atoms with Crippen molar-refractivity contribution < 1.29 is 22.7 Å². The summed E-state index contributed by atoms with van der Waals surface area (Å²) in [6.45, 7) is 2.26. The lowest BCUT2D eigenvalue weighted by molar-refractivity contribution is -0.116. The maximum atomic E-state index is 12.9. The monoisotopic (exact) mass is 459 g/mol. The van der Waals surface area contributed by atoms with Crippen molar-refractivity contribution in [1.29, 1.82) is 0 Å². The number of hydrogen-bond acceptors (Lipinski definition) is 6. The van der Waals surface area contributed by atoms with Gasteiger partial charge >= 0.3 is 0 Å². The van der Waals surface area contributed by atoms with Crippen LogP contribution in [0, 0.1) is 0 Å². The molecule has 1 fully saturated rings. The van der Waals surface area contributed by atoms with Gasteiger partial charge in [-0.25, -0.2) is 8.42 Å². The molecule has 1 amide bonds. The van der Waals surface area contributed by atoms with Gasteiger partial charge in [0.25, 0.3) is 0 Å². The zero-order valence-electron chi connectivity index (χ0n) is 18.4. The van der Waals surface area contributed by atoms with E-state index in [-0.39, 0.29) is 29.4 Å². The number of carbonyl (C=O) groups excluding carboxylic acids is 2. The molecule has 9 heteroatoms. The van der Waals surface area contributed by atoms with Gasteiger partial charge in [-0.15, -0.1) is 0 Å². The number of nitrogens with one attached hydrogen (secondary N) is 1. The summed E-state index contributed by atoms with van der Waals surface area (Å²) in [6, 6.07) is 13.1. The van der Waals surface area contributed by atoms with Crippen molar-refractivity contribution in [3.05, 3.63) is 54.1 Å². The summed E-state index contributed by atoms with van der Waals surface area (Å²) in [5.74, 6) is 0.375. The number of benzene rings is 2. The van der Waals surface area contributed by atoms with Crippen LogP contribution in [0.3, 0.4) is 0 Å². The average molecular weight is 460 g/mol. The van der Waals surface area contributed by atoms with Crippen molar-refractivity contribution >= 4 is 27.4 Å². The Bertz CT molecular complexity index is 1050. The van der Waals surface area contributed by atoms with Crippen molar-refractivity contribution in [3.8, 4) is 5.75 Å². The van der Waals surface area contributed by atoms with Gasteiger partial charge in [0, 0.05) is 50.3 Å². The van der Waals surface area contributed by atoms with Crippen molar-refractivity contribution in [2.45, 2.75) is 24.2 Å². The highest BCUT2D eigenvalue weighted by molar-refractivity contribution is 7.89. The highest BCUT2D eigenvalue weighted by atomic mass is 32.2. The first-order valence-corrected chi connectivity index (χ1v) is 12.0. The topological polar surface area (TPSA) is 96.0 Å². The summed E-state index contributed by atoms with van der Waals surface area (Å²) >= 11 is 0. The second kappa shape index (κ2) is 10.7. The fourth-order valence-electron chi connectivity index (χ4n) is 3.47. The first-order valence-electron chi connectivity index (χ1n) is 10.6. The molecule has 0 bridgehead atoms. The third-order valence-corrected chi connectivity index (χ3v) is 7.33. The van der Waals surface area contributed by atoms with Crippen LogP contribution in [0.1, 0.15) is 29.6 Å². The van der Waals surface area contributed by atoms with E-state index in [0.717, 1.165) is 0 Å². The minimum Gasteiger partial charge on any atom is -0.497 e. The van der Waals surface area contributed by atoms with Gasteiger partial charge in [-0.3, -0.25) is 9.59 Å². The summed E-state index contributed by atoms with van der Waals surface area (Å²) in [5, 5.41) is 2.74. The van der Waals surface area contributed by atoms with E-state index < -0.39 is 10.0 Å². The smallest absolute Gasteiger partial charge is 0.243 e. The molecule has 0 atom stereocenters. The van der Waals surface area contributed by atoms with E-state index in [4.69, 9.17) is 4.74 Å². The second-order valence-corrected chi connectivity index (χ2v) is 9.73. The molecule has 3 rings (SSSR count). The molecule has 8 nitrogen and oxygen atoms in total. The number of anilines is 1. The molecule has 0 spiro atoms. The molecule has 0 aromatic heterocycles. The quantitative estimate of drug-likeness (QED) is 0.579. The number of methoxy groups -OCH3 is 1. The number of sulfonamides is 1.